The van der Waals surface area contributed by atoms with Crippen LogP contribution in [0, 0.1) is 5.92 Å². The molecule has 0 fully saturated rings. The molecular formula is C8H17NO2. The molecule has 2 atom stereocenters. The Labute approximate surface area is 67.9 Å². The third kappa shape index (κ3) is 4.79. The fourth-order valence-electron chi connectivity index (χ4n) is 0.745. The van der Waals surface area contributed by atoms with Crippen molar-refractivity contribution in [3.05, 3.63) is 0 Å². The summed E-state index contributed by atoms with van der Waals surface area (Å²) in [4.78, 5) is 10.6. The maximum absolute atomic E-state index is 10.6. The van der Waals surface area contributed by atoms with Crippen LogP contribution in [0.25, 0.3) is 0 Å². The van der Waals surface area contributed by atoms with Crippen molar-refractivity contribution in [1.82, 2.24) is 0 Å². The molecule has 11 heavy (non-hydrogen) atoms. The number of hydrogen-bond acceptors (Lipinski definition) is 2. The van der Waals surface area contributed by atoms with Crippen LogP contribution in [-0.2, 0) is 9.53 Å². The summed E-state index contributed by atoms with van der Waals surface area (Å²) in [5, 5.41) is 0. The van der Waals surface area contributed by atoms with E-state index in [1.165, 1.54) is 0 Å². The highest BCUT2D eigenvalue weighted by atomic mass is 16.5. The molecule has 0 aliphatic carbocycles. The third-order valence-corrected chi connectivity index (χ3v) is 1.89. The minimum absolute atomic E-state index is 0.0346. The summed E-state index contributed by atoms with van der Waals surface area (Å²) in [5.74, 6) is -0.263. The van der Waals surface area contributed by atoms with Gasteiger partial charge in [-0.2, -0.15) is 0 Å². The Bertz CT molecular complexity index is 125. The molecule has 2 unspecified atom stereocenters. The minimum atomic E-state index is -0.228. The molecule has 0 saturated heterocycles. The van der Waals surface area contributed by atoms with Gasteiger partial charge in [0, 0.05) is 13.0 Å². The van der Waals surface area contributed by atoms with Gasteiger partial charge in [0.05, 0.1) is 6.10 Å². The number of rotatable bonds is 5. The summed E-state index contributed by atoms with van der Waals surface area (Å²) in [6, 6.07) is 0. The normalized spacial score (nSPS) is 15.9. The van der Waals surface area contributed by atoms with Crippen LogP contribution in [0.4, 0.5) is 0 Å². The molecule has 0 aromatic heterocycles. The van der Waals surface area contributed by atoms with E-state index in [2.05, 4.69) is 0 Å². The number of hydrogen-bond donors (Lipinski definition) is 1. The van der Waals surface area contributed by atoms with Crippen molar-refractivity contribution in [2.75, 3.05) is 7.11 Å². The molecule has 0 bridgehead atoms. The molecule has 1 amide bonds. The van der Waals surface area contributed by atoms with Gasteiger partial charge in [0.15, 0.2) is 0 Å². The van der Waals surface area contributed by atoms with E-state index < -0.39 is 0 Å². The summed E-state index contributed by atoms with van der Waals surface area (Å²) < 4.78 is 5.03. The van der Waals surface area contributed by atoms with Crippen molar-refractivity contribution in [3.63, 3.8) is 0 Å². The molecule has 0 rings (SSSR count). The quantitative estimate of drug-likeness (QED) is 0.648. The zero-order chi connectivity index (χ0) is 8.85. The van der Waals surface area contributed by atoms with Crippen molar-refractivity contribution in [2.45, 2.75) is 32.8 Å². The predicted molar refractivity (Wildman–Crippen MR) is 44.1 cm³/mol. The van der Waals surface area contributed by atoms with Crippen molar-refractivity contribution in [2.24, 2.45) is 11.7 Å². The summed E-state index contributed by atoms with van der Waals surface area (Å²) in [5.41, 5.74) is 5.08. The second kappa shape index (κ2) is 5.13. The van der Waals surface area contributed by atoms with Crippen LogP contribution in [-0.4, -0.2) is 19.1 Å². The molecule has 0 spiro atoms. The second-order valence-corrected chi connectivity index (χ2v) is 2.93. The lowest BCUT2D eigenvalue weighted by molar-refractivity contribution is -0.121. The first-order valence-corrected chi connectivity index (χ1v) is 3.90. The number of nitrogens with two attached hydrogens (primary N) is 1. The highest BCUT2D eigenvalue weighted by Gasteiger charge is 2.09. The van der Waals surface area contributed by atoms with Gasteiger partial charge in [-0.1, -0.05) is 6.92 Å². The van der Waals surface area contributed by atoms with Gasteiger partial charge in [0.2, 0.25) is 5.91 Å². The van der Waals surface area contributed by atoms with Gasteiger partial charge in [0.1, 0.15) is 0 Å². The Morgan fingerprint density at radius 2 is 2.00 bits per heavy atom. The van der Waals surface area contributed by atoms with E-state index in [1.54, 1.807) is 7.11 Å². The Morgan fingerprint density at radius 3 is 2.36 bits per heavy atom. The van der Waals surface area contributed by atoms with Gasteiger partial charge in [-0.05, 0) is 19.8 Å². The Balaban J connectivity index is 3.45. The average molecular weight is 159 g/mol. The molecule has 0 aliphatic rings. The SMILES string of the molecule is COC(C)CCC(C)C(N)=O. The van der Waals surface area contributed by atoms with Crippen molar-refractivity contribution >= 4 is 5.91 Å². The topological polar surface area (TPSA) is 52.3 Å². The van der Waals surface area contributed by atoms with E-state index in [9.17, 15) is 4.79 Å². The second-order valence-electron chi connectivity index (χ2n) is 2.93. The lowest BCUT2D eigenvalue weighted by Crippen LogP contribution is -2.21. The van der Waals surface area contributed by atoms with Gasteiger partial charge >= 0.3 is 0 Å². The smallest absolute Gasteiger partial charge is 0.220 e. The van der Waals surface area contributed by atoms with E-state index in [1.807, 2.05) is 13.8 Å². The van der Waals surface area contributed by atoms with Gasteiger partial charge in [-0.25, -0.2) is 0 Å². The van der Waals surface area contributed by atoms with Gasteiger partial charge in [-0.15, -0.1) is 0 Å². The molecule has 0 heterocycles. The number of carbonyl (C=O) groups is 1. The standard InChI is InChI=1S/C8H17NO2/c1-6(8(9)10)4-5-7(2)11-3/h6-7H,4-5H2,1-3H3,(H2,9,10). The van der Waals surface area contributed by atoms with Crippen LogP contribution >= 0.6 is 0 Å². The van der Waals surface area contributed by atoms with Gasteiger partial charge in [0.25, 0.3) is 0 Å². The van der Waals surface area contributed by atoms with E-state index in [0.717, 1.165) is 12.8 Å². The van der Waals surface area contributed by atoms with E-state index >= 15 is 0 Å². The first-order chi connectivity index (χ1) is 5.07. The molecular weight excluding hydrogens is 142 g/mol. The molecule has 3 nitrogen and oxygen atoms in total. The first kappa shape index (κ1) is 10.4. The number of primary amides is 1. The monoisotopic (exact) mass is 159 g/mol. The third-order valence-electron chi connectivity index (χ3n) is 1.89. The zero-order valence-corrected chi connectivity index (χ0v) is 7.46. The number of amides is 1. The number of carbonyl (C=O) groups excluding carboxylic acids is 1. The highest BCUT2D eigenvalue weighted by molar-refractivity contribution is 5.76. The van der Waals surface area contributed by atoms with E-state index in [0.29, 0.717) is 0 Å². The molecule has 0 aromatic rings. The maximum Gasteiger partial charge on any atom is 0.220 e. The van der Waals surface area contributed by atoms with E-state index in [4.69, 9.17) is 10.5 Å². The molecule has 0 aromatic carbocycles. The molecule has 0 radical (unpaired) electrons. The van der Waals surface area contributed by atoms with Crippen molar-refractivity contribution in [3.8, 4) is 0 Å². The number of methoxy groups -OCH3 is 1. The van der Waals surface area contributed by atoms with Gasteiger partial charge < -0.3 is 10.5 Å². The predicted octanol–water partition coefficient (Wildman–Crippen LogP) is 0.923. The summed E-state index contributed by atoms with van der Waals surface area (Å²) >= 11 is 0. The lowest BCUT2D eigenvalue weighted by atomic mass is 10.0. The van der Waals surface area contributed by atoms with Crippen LogP contribution < -0.4 is 5.73 Å². The minimum Gasteiger partial charge on any atom is -0.382 e. The van der Waals surface area contributed by atoms with Crippen LogP contribution in [0.2, 0.25) is 0 Å². The largest absolute Gasteiger partial charge is 0.382 e. The summed E-state index contributed by atoms with van der Waals surface area (Å²) in [6.45, 7) is 3.82. The van der Waals surface area contributed by atoms with Crippen LogP contribution in [0.1, 0.15) is 26.7 Å². The molecule has 2 N–H and O–H groups in total. The van der Waals surface area contributed by atoms with Crippen molar-refractivity contribution < 1.29 is 9.53 Å². The van der Waals surface area contributed by atoms with Crippen molar-refractivity contribution in [1.29, 1.82) is 0 Å². The average Bonchev–Trinajstić information content (AvgIpc) is 1.99. The Hall–Kier alpha value is -0.570. The fraction of sp³-hybridized carbons (Fsp3) is 0.875. The summed E-state index contributed by atoms with van der Waals surface area (Å²) in [7, 11) is 1.67. The highest BCUT2D eigenvalue weighted by Crippen LogP contribution is 2.08. The maximum atomic E-state index is 10.6. The molecule has 0 aliphatic heterocycles. The molecule has 66 valence electrons. The molecule has 3 heteroatoms. The zero-order valence-electron chi connectivity index (χ0n) is 7.46. The lowest BCUT2D eigenvalue weighted by Gasteiger charge is -2.11. The van der Waals surface area contributed by atoms with E-state index in [-0.39, 0.29) is 17.9 Å². The van der Waals surface area contributed by atoms with Crippen LogP contribution in [0.5, 0.6) is 0 Å². The van der Waals surface area contributed by atoms with Gasteiger partial charge in [-0.3, -0.25) is 4.79 Å². The van der Waals surface area contributed by atoms with Crippen LogP contribution in [0.15, 0.2) is 0 Å². The fourth-order valence-corrected chi connectivity index (χ4v) is 0.745. The number of ether oxygens (including phenoxy) is 1. The molecule has 0 saturated carbocycles. The van der Waals surface area contributed by atoms with Crippen LogP contribution in [0.3, 0.4) is 0 Å². The first-order valence-electron chi connectivity index (χ1n) is 3.90. The Kier molecular flexibility index (Phi) is 4.86. The Morgan fingerprint density at radius 1 is 1.45 bits per heavy atom. The summed E-state index contributed by atoms with van der Waals surface area (Å²) in [6.07, 6.45) is 1.92.